The van der Waals surface area contributed by atoms with E-state index >= 15 is 0 Å². The number of hydrogen-bond donors (Lipinski definition) is 2. The summed E-state index contributed by atoms with van der Waals surface area (Å²) in [4.78, 5) is 37.7. The molecule has 3 amide bonds. The van der Waals surface area contributed by atoms with Gasteiger partial charge in [-0.15, -0.1) is 0 Å². The second kappa shape index (κ2) is 5.68. The highest BCUT2D eigenvalue weighted by atomic mass is 16.4. The van der Waals surface area contributed by atoms with Crippen LogP contribution >= 0.6 is 0 Å². The Balaban J connectivity index is 1.84. The van der Waals surface area contributed by atoms with E-state index in [1.165, 1.54) is 9.80 Å². The van der Waals surface area contributed by atoms with E-state index in [0.29, 0.717) is 6.54 Å². The van der Waals surface area contributed by atoms with E-state index < -0.39 is 11.9 Å². The molecule has 1 saturated heterocycles. The number of likely N-dealkylation sites (N-methyl/N-ethyl adjacent to an activating group) is 1. The lowest BCUT2D eigenvalue weighted by Gasteiger charge is -2.24. The van der Waals surface area contributed by atoms with Crippen LogP contribution in [-0.2, 0) is 9.59 Å². The van der Waals surface area contributed by atoms with Crippen LogP contribution in [-0.4, -0.2) is 65.5 Å². The fraction of sp³-hybridized carbons (Fsp3) is 0.769. The van der Waals surface area contributed by atoms with Gasteiger partial charge in [-0.1, -0.05) is 6.92 Å². The number of amides is 3. The van der Waals surface area contributed by atoms with E-state index in [1.54, 1.807) is 7.05 Å². The molecule has 2 rings (SSSR count). The van der Waals surface area contributed by atoms with E-state index in [2.05, 4.69) is 5.32 Å². The van der Waals surface area contributed by atoms with Crippen molar-refractivity contribution in [3.05, 3.63) is 0 Å². The van der Waals surface area contributed by atoms with Crippen LogP contribution in [0.15, 0.2) is 0 Å². The molecule has 7 heteroatoms. The van der Waals surface area contributed by atoms with Gasteiger partial charge in [0.15, 0.2) is 0 Å². The van der Waals surface area contributed by atoms with Gasteiger partial charge < -0.3 is 20.2 Å². The number of rotatable bonds is 4. The van der Waals surface area contributed by atoms with E-state index in [4.69, 9.17) is 5.11 Å². The normalized spacial score (nSPS) is 25.4. The molecule has 1 saturated carbocycles. The van der Waals surface area contributed by atoms with Crippen molar-refractivity contribution in [3.63, 3.8) is 0 Å². The fourth-order valence-corrected chi connectivity index (χ4v) is 2.47. The summed E-state index contributed by atoms with van der Waals surface area (Å²) in [5.74, 6) is -1.62. The molecule has 2 unspecified atom stereocenters. The molecule has 1 aliphatic carbocycles. The zero-order valence-electron chi connectivity index (χ0n) is 11.8. The van der Waals surface area contributed by atoms with Gasteiger partial charge in [0, 0.05) is 26.2 Å². The summed E-state index contributed by atoms with van der Waals surface area (Å²) in [5.41, 5.74) is 0. The molecule has 0 bridgehead atoms. The number of urea groups is 1. The van der Waals surface area contributed by atoms with Gasteiger partial charge in [0.25, 0.3) is 0 Å². The first-order valence-corrected chi connectivity index (χ1v) is 6.90. The number of hydrogen-bond acceptors (Lipinski definition) is 3. The van der Waals surface area contributed by atoms with Crippen LogP contribution in [0.2, 0.25) is 0 Å². The fourth-order valence-electron chi connectivity index (χ4n) is 2.47. The van der Waals surface area contributed by atoms with E-state index in [-0.39, 0.29) is 37.0 Å². The number of carbonyl (C=O) groups excluding carboxylic acids is 2. The molecule has 112 valence electrons. The molecule has 2 fully saturated rings. The lowest BCUT2D eigenvalue weighted by molar-refractivity contribution is -0.142. The third-order valence-electron chi connectivity index (χ3n) is 3.85. The molecule has 20 heavy (non-hydrogen) atoms. The first-order chi connectivity index (χ1) is 9.38. The average molecular weight is 283 g/mol. The van der Waals surface area contributed by atoms with Gasteiger partial charge in [0.2, 0.25) is 5.91 Å². The summed E-state index contributed by atoms with van der Waals surface area (Å²) < 4.78 is 0. The van der Waals surface area contributed by atoms with Crippen molar-refractivity contribution in [2.24, 2.45) is 11.8 Å². The van der Waals surface area contributed by atoms with Crippen molar-refractivity contribution in [3.8, 4) is 0 Å². The van der Waals surface area contributed by atoms with Gasteiger partial charge in [0.1, 0.15) is 6.54 Å². The average Bonchev–Trinajstić information content (AvgIpc) is 3.07. The third kappa shape index (κ3) is 3.40. The van der Waals surface area contributed by atoms with Crippen LogP contribution in [0.3, 0.4) is 0 Å². The Morgan fingerprint density at radius 1 is 1.30 bits per heavy atom. The van der Waals surface area contributed by atoms with E-state index in [9.17, 15) is 14.4 Å². The van der Waals surface area contributed by atoms with Gasteiger partial charge in [-0.2, -0.15) is 0 Å². The molecule has 7 nitrogen and oxygen atoms in total. The number of carbonyl (C=O) groups is 3. The molecule has 0 aromatic rings. The number of likely N-dealkylation sites (tertiary alicyclic amines) is 1. The molecule has 0 aromatic heterocycles. The third-order valence-corrected chi connectivity index (χ3v) is 3.85. The number of aliphatic carboxylic acids is 1. The van der Waals surface area contributed by atoms with Crippen LogP contribution in [0.25, 0.3) is 0 Å². The van der Waals surface area contributed by atoms with Gasteiger partial charge >= 0.3 is 12.0 Å². The minimum Gasteiger partial charge on any atom is -0.481 e. The van der Waals surface area contributed by atoms with E-state index in [1.807, 2.05) is 6.92 Å². The molecule has 0 spiro atoms. The van der Waals surface area contributed by atoms with Crippen molar-refractivity contribution in [2.45, 2.75) is 25.8 Å². The van der Waals surface area contributed by atoms with Crippen LogP contribution in [0.4, 0.5) is 4.79 Å². The molecular weight excluding hydrogens is 262 g/mol. The maximum atomic E-state index is 12.2. The van der Waals surface area contributed by atoms with Crippen LogP contribution in [0, 0.1) is 11.8 Å². The zero-order valence-corrected chi connectivity index (χ0v) is 11.8. The SMILES string of the molecule is CC1CN(C(=O)N(C)CC(=O)NC2CC2)CC1C(=O)O. The predicted molar refractivity (Wildman–Crippen MR) is 71.1 cm³/mol. The van der Waals surface area contributed by atoms with Crippen molar-refractivity contribution in [2.75, 3.05) is 26.7 Å². The molecule has 0 radical (unpaired) electrons. The lowest BCUT2D eigenvalue weighted by atomic mass is 9.99. The number of nitrogens with zero attached hydrogens (tertiary/aromatic N) is 2. The minimum atomic E-state index is -0.873. The van der Waals surface area contributed by atoms with Crippen LogP contribution in [0.1, 0.15) is 19.8 Å². The second-order valence-electron chi connectivity index (χ2n) is 5.81. The van der Waals surface area contributed by atoms with E-state index in [0.717, 1.165) is 12.8 Å². The number of nitrogens with one attached hydrogen (secondary N) is 1. The Morgan fingerprint density at radius 3 is 2.45 bits per heavy atom. The lowest BCUT2D eigenvalue weighted by Crippen LogP contribution is -2.45. The predicted octanol–water partition coefficient (Wildman–Crippen LogP) is -0.0307. The molecule has 2 N–H and O–H groups in total. The van der Waals surface area contributed by atoms with Crippen molar-refractivity contribution < 1.29 is 19.5 Å². The first kappa shape index (κ1) is 14.6. The summed E-state index contributed by atoms with van der Waals surface area (Å²) in [6, 6.07) is -0.0132. The zero-order chi connectivity index (χ0) is 14.9. The molecule has 0 aromatic carbocycles. The van der Waals surface area contributed by atoms with Crippen molar-refractivity contribution >= 4 is 17.9 Å². The summed E-state index contributed by atoms with van der Waals surface area (Å²) in [6.07, 6.45) is 2.01. The summed E-state index contributed by atoms with van der Waals surface area (Å²) in [5, 5.41) is 11.9. The van der Waals surface area contributed by atoms with Gasteiger partial charge in [-0.25, -0.2) is 4.79 Å². The molecule has 1 heterocycles. The Bertz CT molecular complexity index is 422. The number of carboxylic acid groups (broad SMARTS) is 1. The summed E-state index contributed by atoms with van der Waals surface area (Å²) in [6.45, 7) is 2.47. The highest BCUT2D eigenvalue weighted by Gasteiger charge is 2.38. The summed E-state index contributed by atoms with van der Waals surface area (Å²) >= 11 is 0. The largest absolute Gasteiger partial charge is 0.481 e. The molecule has 2 atom stereocenters. The standard InChI is InChI=1S/C13H21N3O4/c1-8-5-16(6-10(8)12(18)19)13(20)15(2)7-11(17)14-9-3-4-9/h8-10H,3-7H2,1-2H3,(H,14,17)(H,18,19). The topological polar surface area (TPSA) is 90.0 Å². The Hall–Kier alpha value is -1.79. The van der Waals surface area contributed by atoms with Gasteiger partial charge in [-0.05, 0) is 18.8 Å². The maximum Gasteiger partial charge on any atom is 0.320 e. The smallest absolute Gasteiger partial charge is 0.320 e. The Kier molecular flexibility index (Phi) is 4.15. The monoisotopic (exact) mass is 283 g/mol. The van der Waals surface area contributed by atoms with Crippen LogP contribution in [0.5, 0.6) is 0 Å². The van der Waals surface area contributed by atoms with Crippen molar-refractivity contribution in [1.29, 1.82) is 0 Å². The molecular formula is C13H21N3O4. The number of carboxylic acids is 1. The molecule has 1 aliphatic heterocycles. The van der Waals surface area contributed by atoms with Crippen LogP contribution < -0.4 is 5.32 Å². The first-order valence-electron chi connectivity index (χ1n) is 6.90. The quantitative estimate of drug-likeness (QED) is 0.758. The summed E-state index contributed by atoms with van der Waals surface area (Å²) in [7, 11) is 1.56. The molecule has 2 aliphatic rings. The van der Waals surface area contributed by atoms with Gasteiger partial charge in [-0.3, -0.25) is 9.59 Å². The highest BCUT2D eigenvalue weighted by Crippen LogP contribution is 2.24. The Morgan fingerprint density at radius 2 is 1.95 bits per heavy atom. The van der Waals surface area contributed by atoms with Crippen molar-refractivity contribution in [1.82, 2.24) is 15.1 Å². The van der Waals surface area contributed by atoms with Gasteiger partial charge in [0.05, 0.1) is 5.92 Å². The Labute approximate surface area is 117 Å². The highest BCUT2D eigenvalue weighted by molar-refractivity contribution is 5.84. The second-order valence-corrected chi connectivity index (χ2v) is 5.81. The minimum absolute atomic E-state index is 0.0119. The maximum absolute atomic E-state index is 12.2.